The second-order valence-electron chi connectivity index (χ2n) is 5.35. The monoisotopic (exact) mass is 358 g/mol. The van der Waals surface area contributed by atoms with Gasteiger partial charge in [-0.1, -0.05) is 0 Å². The predicted octanol–water partition coefficient (Wildman–Crippen LogP) is 3.12. The van der Waals surface area contributed by atoms with Crippen LogP contribution < -0.4 is 14.8 Å². The Morgan fingerprint density at radius 2 is 2.04 bits per heavy atom. The van der Waals surface area contributed by atoms with E-state index in [2.05, 4.69) is 15.4 Å². The molecule has 3 rings (SSSR count). The fourth-order valence-electron chi connectivity index (χ4n) is 2.30. The van der Waals surface area contributed by atoms with Crippen molar-refractivity contribution in [3.8, 4) is 22.8 Å². The van der Waals surface area contributed by atoms with E-state index in [1.807, 2.05) is 30.5 Å². The summed E-state index contributed by atoms with van der Waals surface area (Å²) in [6.45, 7) is 1.89. The number of aromatic nitrogens is 3. The highest BCUT2D eigenvalue weighted by Crippen LogP contribution is 2.35. The number of nitrogens with zero attached hydrogens (tertiary/aromatic N) is 3. The van der Waals surface area contributed by atoms with Gasteiger partial charge in [-0.05, 0) is 31.2 Å². The van der Waals surface area contributed by atoms with E-state index in [0.717, 1.165) is 11.3 Å². The third-order valence-electron chi connectivity index (χ3n) is 3.75. The topological polar surface area (TPSA) is 78.3 Å². The van der Waals surface area contributed by atoms with Gasteiger partial charge in [0.1, 0.15) is 11.5 Å². The molecule has 0 spiro atoms. The van der Waals surface area contributed by atoms with Crippen molar-refractivity contribution in [2.75, 3.05) is 19.5 Å². The molecule has 1 N–H and O–H groups in total. The van der Waals surface area contributed by atoms with Crippen molar-refractivity contribution < 1.29 is 14.3 Å². The first kappa shape index (κ1) is 17.0. The molecule has 0 saturated heterocycles. The molecule has 3 aromatic rings. The maximum Gasteiger partial charge on any atom is 0.277 e. The highest BCUT2D eigenvalue weighted by Gasteiger charge is 2.15. The van der Waals surface area contributed by atoms with E-state index in [0.29, 0.717) is 28.0 Å². The molecule has 0 aliphatic heterocycles. The van der Waals surface area contributed by atoms with Gasteiger partial charge in [0.2, 0.25) is 0 Å². The lowest BCUT2D eigenvalue weighted by atomic mass is 10.1. The van der Waals surface area contributed by atoms with E-state index in [-0.39, 0.29) is 5.91 Å². The van der Waals surface area contributed by atoms with Gasteiger partial charge in [0.05, 0.1) is 19.9 Å². The van der Waals surface area contributed by atoms with Gasteiger partial charge in [0.25, 0.3) is 5.91 Å². The molecule has 0 aliphatic carbocycles. The maximum absolute atomic E-state index is 12.3. The summed E-state index contributed by atoms with van der Waals surface area (Å²) in [5.41, 5.74) is 2.77. The van der Waals surface area contributed by atoms with E-state index in [1.54, 1.807) is 32.0 Å². The van der Waals surface area contributed by atoms with Crippen LogP contribution in [-0.2, 0) is 7.05 Å². The molecule has 0 aliphatic rings. The Bertz CT molecular complexity index is 897. The lowest BCUT2D eigenvalue weighted by molar-refractivity contribution is 0.102. The number of anilines is 1. The molecule has 0 radical (unpaired) electrons. The number of hydrogen-bond acceptors (Lipinski definition) is 6. The minimum absolute atomic E-state index is 0.290. The van der Waals surface area contributed by atoms with Crippen molar-refractivity contribution in [2.24, 2.45) is 7.05 Å². The Balaban J connectivity index is 1.84. The van der Waals surface area contributed by atoms with Crippen LogP contribution in [0.1, 0.15) is 16.2 Å². The third-order valence-corrected chi connectivity index (χ3v) is 4.51. The van der Waals surface area contributed by atoms with E-state index in [4.69, 9.17) is 9.47 Å². The number of thiazole rings is 1. The summed E-state index contributed by atoms with van der Waals surface area (Å²) in [7, 11) is 5.00. The van der Waals surface area contributed by atoms with Crippen molar-refractivity contribution in [3.05, 3.63) is 41.0 Å². The first-order valence-corrected chi connectivity index (χ1v) is 8.39. The van der Waals surface area contributed by atoms with Crippen LogP contribution >= 0.6 is 11.3 Å². The summed E-state index contributed by atoms with van der Waals surface area (Å²) in [4.78, 5) is 16.8. The Morgan fingerprint density at radius 1 is 1.24 bits per heavy atom. The van der Waals surface area contributed by atoms with Gasteiger partial charge in [-0.15, -0.1) is 11.3 Å². The summed E-state index contributed by atoms with van der Waals surface area (Å²) < 4.78 is 12.3. The standard InChI is InChI=1S/C17H18N4O3S/c1-10-7-13(20-21(10)2)16(22)19-17-18-14(9-25-17)12-8-11(23-3)5-6-15(12)24-4/h5-9H,1-4H3,(H,18,19,22). The van der Waals surface area contributed by atoms with Crippen LogP contribution in [0.4, 0.5) is 5.13 Å². The van der Waals surface area contributed by atoms with Crippen molar-refractivity contribution in [2.45, 2.75) is 6.92 Å². The second kappa shape index (κ2) is 6.94. The lowest BCUT2D eigenvalue weighted by Crippen LogP contribution is -2.12. The van der Waals surface area contributed by atoms with Crippen LogP contribution in [0.3, 0.4) is 0 Å². The number of rotatable bonds is 5. The Hall–Kier alpha value is -2.87. The number of methoxy groups -OCH3 is 2. The third kappa shape index (κ3) is 3.48. The SMILES string of the molecule is COc1ccc(OC)c(-c2csc(NC(=O)c3cc(C)n(C)n3)n2)c1. The molecule has 130 valence electrons. The molecule has 2 heterocycles. The van der Waals surface area contributed by atoms with Crippen molar-refractivity contribution >= 4 is 22.4 Å². The van der Waals surface area contributed by atoms with Gasteiger partial charge >= 0.3 is 0 Å². The average molecular weight is 358 g/mol. The molecule has 0 fully saturated rings. The molecule has 0 atom stereocenters. The number of amides is 1. The molecule has 2 aromatic heterocycles. The number of aryl methyl sites for hydroxylation is 2. The summed E-state index contributed by atoms with van der Waals surface area (Å²) >= 11 is 1.34. The van der Waals surface area contributed by atoms with Crippen molar-refractivity contribution in [1.29, 1.82) is 0 Å². The van der Waals surface area contributed by atoms with Crippen LogP contribution in [-0.4, -0.2) is 34.9 Å². The van der Waals surface area contributed by atoms with Crippen molar-refractivity contribution in [1.82, 2.24) is 14.8 Å². The second-order valence-corrected chi connectivity index (χ2v) is 6.21. The molecule has 0 saturated carbocycles. The molecular formula is C17H18N4O3S. The molecule has 0 bridgehead atoms. The minimum Gasteiger partial charge on any atom is -0.497 e. The summed E-state index contributed by atoms with van der Waals surface area (Å²) in [5.74, 6) is 1.10. The number of nitrogens with one attached hydrogen (secondary N) is 1. The zero-order chi connectivity index (χ0) is 18.0. The Labute approximate surface area is 149 Å². The average Bonchev–Trinajstić information content (AvgIpc) is 3.21. The van der Waals surface area contributed by atoms with Gasteiger partial charge in [-0.25, -0.2) is 4.98 Å². The Kier molecular flexibility index (Phi) is 4.71. The summed E-state index contributed by atoms with van der Waals surface area (Å²) in [5, 5.41) is 9.29. The number of carbonyl (C=O) groups excluding carboxylic acids is 1. The van der Waals surface area contributed by atoms with E-state index < -0.39 is 0 Å². The molecule has 0 unspecified atom stereocenters. The van der Waals surface area contributed by atoms with Gasteiger partial charge in [0.15, 0.2) is 10.8 Å². The quantitative estimate of drug-likeness (QED) is 0.758. The smallest absolute Gasteiger partial charge is 0.277 e. The maximum atomic E-state index is 12.3. The fraction of sp³-hybridized carbons (Fsp3) is 0.235. The minimum atomic E-state index is -0.290. The van der Waals surface area contributed by atoms with Crippen LogP contribution in [0.25, 0.3) is 11.3 Å². The largest absolute Gasteiger partial charge is 0.497 e. The van der Waals surface area contributed by atoms with Gasteiger partial charge in [-0.2, -0.15) is 5.10 Å². The number of carbonyl (C=O) groups is 1. The van der Waals surface area contributed by atoms with Crippen molar-refractivity contribution in [3.63, 3.8) is 0 Å². The molecular weight excluding hydrogens is 340 g/mol. The normalized spacial score (nSPS) is 10.6. The summed E-state index contributed by atoms with van der Waals surface area (Å²) in [6.07, 6.45) is 0. The van der Waals surface area contributed by atoms with Gasteiger partial charge in [0, 0.05) is 23.7 Å². The van der Waals surface area contributed by atoms with E-state index in [9.17, 15) is 4.79 Å². The molecule has 1 aromatic carbocycles. The van der Waals surface area contributed by atoms with Crippen LogP contribution in [0, 0.1) is 6.92 Å². The first-order valence-electron chi connectivity index (χ1n) is 7.51. The zero-order valence-corrected chi connectivity index (χ0v) is 15.2. The number of benzene rings is 1. The van der Waals surface area contributed by atoms with Crippen LogP contribution in [0.15, 0.2) is 29.6 Å². The molecule has 25 heavy (non-hydrogen) atoms. The number of hydrogen-bond donors (Lipinski definition) is 1. The van der Waals surface area contributed by atoms with E-state index in [1.165, 1.54) is 11.3 Å². The Morgan fingerprint density at radius 3 is 2.68 bits per heavy atom. The lowest BCUT2D eigenvalue weighted by Gasteiger charge is -2.08. The highest BCUT2D eigenvalue weighted by molar-refractivity contribution is 7.14. The van der Waals surface area contributed by atoms with Gasteiger partial charge in [-0.3, -0.25) is 14.8 Å². The van der Waals surface area contributed by atoms with Crippen LogP contribution in [0.2, 0.25) is 0 Å². The number of ether oxygens (including phenoxy) is 2. The molecule has 1 amide bonds. The molecule has 7 nitrogen and oxygen atoms in total. The van der Waals surface area contributed by atoms with E-state index >= 15 is 0 Å². The van der Waals surface area contributed by atoms with Crippen LogP contribution in [0.5, 0.6) is 11.5 Å². The fourth-order valence-corrected chi connectivity index (χ4v) is 3.01. The molecule has 8 heteroatoms. The predicted molar refractivity (Wildman–Crippen MR) is 96.6 cm³/mol. The highest BCUT2D eigenvalue weighted by atomic mass is 32.1. The van der Waals surface area contributed by atoms with Gasteiger partial charge < -0.3 is 9.47 Å². The zero-order valence-electron chi connectivity index (χ0n) is 14.4. The first-order chi connectivity index (χ1) is 12.0. The summed E-state index contributed by atoms with van der Waals surface area (Å²) in [6, 6.07) is 7.22.